The molecule has 0 amide bonds. The Balaban J connectivity index is 2.39. The highest BCUT2D eigenvalue weighted by atomic mass is 35.5. The van der Waals surface area contributed by atoms with E-state index in [-0.39, 0.29) is 16.5 Å². The van der Waals surface area contributed by atoms with Gasteiger partial charge in [0.25, 0.3) is 0 Å². The molecular weight excluding hydrogens is 217 g/mol. The standard InChI is InChI=1S/C11H13ClFNO/c1-7(14)11(5-15-6-11)8-2-3-10(13)9(12)4-8/h2-4,7H,5-6,14H2,1H3. The summed E-state index contributed by atoms with van der Waals surface area (Å²) in [5.74, 6) is -0.402. The highest BCUT2D eigenvalue weighted by Crippen LogP contribution is 2.36. The van der Waals surface area contributed by atoms with Gasteiger partial charge in [-0.3, -0.25) is 0 Å². The van der Waals surface area contributed by atoms with Crippen molar-refractivity contribution in [3.8, 4) is 0 Å². The summed E-state index contributed by atoms with van der Waals surface area (Å²) < 4.78 is 18.2. The van der Waals surface area contributed by atoms with E-state index in [2.05, 4.69) is 0 Å². The Morgan fingerprint density at radius 1 is 1.53 bits per heavy atom. The largest absolute Gasteiger partial charge is 0.379 e. The van der Waals surface area contributed by atoms with E-state index in [0.29, 0.717) is 13.2 Å². The zero-order valence-electron chi connectivity index (χ0n) is 8.47. The highest BCUT2D eigenvalue weighted by Gasteiger charge is 2.43. The lowest BCUT2D eigenvalue weighted by Gasteiger charge is -2.45. The molecule has 0 bridgehead atoms. The zero-order valence-corrected chi connectivity index (χ0v) is 9.22. The van der Waals surface area contributed by atoms with Gasteiger partial charge in [-0.1, -0.05) is 17.7 Å². The van der Waals surface area contributed by atoms with Gasteiger partial charge < -0.3 is 10.5 Å². The molecule has 0 aromatic heterocycles. The minimum Gasteiger partial charge on any atom is -0.379 e. The lowest BCUT2D eigenvalue weighted by atomic mass is 9.73. The van der Waals surface area contributed by atoms with E-state index in [0.717, 1.165) is 5.56 Å². The van der Waals surface area contributed by atoms with Crippen molar-refractivity contribution in [2.75, 3.05) is 13.2 Å². The van der Waals surface area contributed by atoms with Crippen LogP contribution in [0.3, 0.4) is 0 Å². The van der Waals surface area contributed by atoms with Crippen LogP contribution in [0.25, 0.3) is 0 Å². The van der Waals surface area contributed by atoms with Crippen molar-refractivity contribution in [3.05, 3.63) is 34.6 Å². The average molecular weight is 230 g/mol. The van der Waals surface area contributed by atoms with Crippen LogP contribution in [0.1, 0.15) is 12.5 Å². The first kappa shape index (κ1) is 10.9. The minimum absolute atomic E-state index is 0.0345. The van der Waals surface area contributed by atoms with E-state index >= 15 is 0 Å². The summed E-state index contributed by atoms with van der Waals surface area (Å²) in [6, 6.07) is 4.71. The Morgan fingerprint density at radius 2 is 2.20 bits per heavy atom. The third-order valence-electron chi connectivity index (χ3n) is 3.09. The van der Waals surface area contributed by atoms with Gasteiger partial charge in [0.15, 0.2) is 0 Å². The molecular formula is C11H13ClFNO. The van der Waals surface area contributed by atoms with Gasteiger partial charge in [-0.15, -0.1) is 0 Å². The minimum atomic E-state index is -0.402. The Bertz CT molecular complexity index is 377. The first-order chi connectivity index (χ1) is 7.06. The zero-order chi connectivity index (χ0) is 11.1. The van der Waals surface area contributed by atoms with Gasteiger partial charge in [0.2, 0.25) is 0 Å². The molecule has 1 unspecified atom stereocenters. The summed E-state index contributed by atoms with van der Waals surface area (Å²) >= 11 is 5.75. The maximum Gasteiger partial charge on any atom is 0.141 e. The van der Waals surface area contributed by atoms with Crippen LogP contribution < -0.4 is 5.73 Å². The van der Waals surface area contributed by atoms with Gasteiger partial charge in [0.05, 0.1) is 23.7 Å². The second kappa shape index (κ2) is 3.74. The summed E-state index contributed by atoms with van der Waals surface area (Å²) in [5.41, 5.74) is 6.69. The quantitative estimate of drug-likeness (QED) is 0.843. The van der Waals surface area contributed by atoms with Crippen LogP contribution in [-0.2, 0) is 10.2 Å². The van der Waals surface area contributed by atoms with Crippen molar-refractivity contribution >= 4 is 11.6 Å². The van der Waals surface area contributed by atoms with E-state index in [1.54, 1.807) is 12.1 Å². The third-order valence-corrected chi connectivity index (χ3v) is 3.38. The Morgan fingerprint density at radius 3 is 2.60 bits per heavy atom. The number of benzene rings is 1. The molecule has 1 aliphatic heterocycles. The van der Waals surface area contributed by atoms with Gasteiger partial charge >= 0.3 is 0 Å². The van der Waals surface area contributed by atoms with E-state index in [1.165, 1.54) is 6.07 Å². The van der Waals surface area contributed by atoms with Gasteiger partial charge in [-0.05, 0) is 24.6 Å². The maximum absolute atomic E-state index is 13.0. The molecule has 1 aromatic carbocycles. The Labute approximate surface area is 93.2 Å². The molecule has 0 aliphatic carbocycles. The van der Waals surface area contributed by atoms with Crippen LogP contribution >= 0.6 is 11.6 Å². The summed E-state index contributed by atoms with van der Waals surface area (Å²) in [6.45, 7) is 3.08. The van der Waals surface area contributed by atoms with E-state index in [4.69, 9.17) is 22.1 Å². The normalized spacial score (nSPS) is 20.8. The first-order valence-corrected chi connectivity index (χ1v) is 5.23. The molecule has 1 heterocycles. The van der Waals surface area contributed by atoms with Crippen LogP contribution in [0, 0.1) is 5.82 Å². The first-order valence-electron chi connectivity index (χ1n) is 4.85. The molecule has 0 radical (unpaired) electrons. The van der Waals surface area contributed by atoms with Gasteiger partial charge in [0, 0.05) is 6.04 Å². The summed E-state index contributed by atoms with van der Waals surface area (Å²) in [4.78, 5) is 0. The van der Waals surface area contributed by atoms with Crippen molar-refractivity contribution < 1.29 is 9.13 Å². The molecule has 0 spiro atoms. The third kappa shape index (κ3) is 1.65. The molecule has 2 N–H and O–H groups in total. The molecule has 4 heteroatoms. The molecule has 0 saturated carbocycles. The van der Waals surface area contributed by atoms with Crippen LogP contribution in [-0.4, -0.2) is 19.3 Å². The van der Waals surface area contributed by atoms with Crippen LogP contribution in [0.4, 0.5) is 4.39 Å². The smallest absolute Gasteiger partial charge is 0.141 e. The van der Waals surface area contributed by atoms with Crippen LogP contribution in [0.5, 0.6) is 0 Å². The van der Waals surface area contributed by atoms with E-state index < -0.39 is 5.82 Å². The van der Waals surface area contributed by atoms with Gasteiger partial charge in [-0.25, -0.2) is 4.39 Å². The number of nitrogens with two attached hydrogens (primary N) is 1. The number of halogens is 2. The topological polar surface area (TPSA) is 35.2 Å². The number of hydrogen-bond acceptors (Lipinski definition) is 2. The fourth-order valence-corrected chi connectivity index (χ4v) is 2.00. The fourth-order valence-electron chi connectivity index (χ4n) is 1.82. The van der Waals surface area contributed by atoms with Crippen LogP contribution in [0.2, 0.25) is 5.02 Å². The molecule has 15 heavy (non-hydrogen) atoms. The molecule has 1 fully saturated rings. The molecule has 2 rings (SSSR count). The lowest BCUT2D eigenvalue weighted by molar-refractivity contribution is -0.0701. The number of rotatable bonds is 2. The highest BCUT2D eigenvalue weighted by molar-refractivity contribution is 6.30. The predicted molar refractivity (Wildman–Crippen MR) is 57.6 cm³/mol. The molecule has 1 aromatic rings. The van der Waals surface area contributed by atoms with Gasteiger partial charge in [0.1, 0.15) is 5.82 Å². The Kier molecular flexibility index (Phi) is 2.71. The van der Waals surface area contributed by atoms with E-state index in [1.807, 2.05) is 6.92 Å². The lowest BCUT2D eigenvalue weighted by Crippen LogP contribution is -2.57. The maximum atomic E-state index is 13.0. The molecule has 1 saturated heterocycles. The molecule has 2 nitrogen and oxygen atoms in total. The molecule has 1 atom stereocenters. The van der Waals surface area contributed by atoms with Crippen molar-refractivity contribution in [2.45, 2.75) is 18.4 Å². The SMILES string of the molecule is CC(N)C1(c2ccc(F)c(Cl)c2)COC1. The summed E-state index contributed by atoms with van der Waals surface area (Å²) in [7, 11) is 0. The number of ether oxygens (including phenoxy) is 1. The van der Waals surface area contributed by atoms with Crippen molar-refractivity contribution in [1.29, 1.82) is 0 Å². The molecule has 82 valence electrons. The predicted octanol–water partition coefficient (Wildman–Crippen LogP) is 2.09. The second-order valence-corrected chi connectivity index (χ2v) is 4.47. The number of hydrogen-bond donors (Lipinski definition) is 1. The van der Waals surface area contributed by atoms with Crippen molar-refractivity contribution in [3.63, 3.8) is 0 Å². The monoisotopic (exact) mass is 229 g/mol. The van der Waals surface area contributed by atoms with Crippen molar-refractivity contribution in [2.24, 2.45) is 5.73 Å². The van der Waals surface area contributed by atoms with Crippen LogP contribution in [0.15, 0.2) is 18.2 Å². The second-order valence-electron chi connectivity index (χ2n) is 4.07. The summed E-state index contributed by atoms with van der Waals surface area (Å²) in [6.07, 6.45) is 0. The van der Waals surface area contributed by atoms with E-state index in [9.17, 15) is 4.39 Å². The van der Waals surface area contributed by atoms with Crippen molar-refractivity contribution in [1.82, 2.24) is 0 Å². The Hall–Kier alpha value is -0.640. The molecule has 1 aliphatic rings. The fraction of sp³-hybridized carbons (Fsp3) is 0.455. The summed E-state index contributed by atoms with van der Waals surface area (Å²) in [5, 5.41) is 0.138. The average Bonchev–Trinajstić information content (AvgIpc) is 2.08. The van der Waals surface area contributed by atoms with Gasteiger partial charge in [-0.2, -0.15) is 0 Å².